The van der Waals surface area contributed by atoms with E-state index >= 15 is 0 Å². The van der Waals surface area contributed by atoms with Gasteiger partial charge in [0, 0.05) is 17.3 Å². The Morgan fingerprint density at radius 1 is 0.897 bits per heavy atom. The number of hydrazone groups is 1. The number of nitrogens with zero attached hydrogens (tertiary/aromatic N) is 3. The molecule has 1 aromatic rings. The minimum atomic E-state index is -0.714. The van der Waals surface area contributed by atoms with Crippen LogP contribution in [0, 0.1) is 20.2 Å². The van der Waals surface area contributed by atoms with Crippen molar-refractivity contribution in [3.05, 3.63) is 44.0 Å². The molecule has 1 fully saturated rings. The van der Waals surface area contributed by atoms with Crippen LogP contribution in [0.4, 0.5) is 11.4 Å². The summed E-state index contributed by atoms with van der Waals surface area (Å²) in [7, 11) is 0. The highest BCUT2D eigenvalue weighted by Crippen LogP contribution is 2.25. The fourth-order valence-electron chi connectivity index (χ4n) is 3.47. The number of amides is 1. The number of nitro benzene ring substituents is 2. The zero-order valence-corrected chi connectivity index (χ0v) is 16.6. The third kappa shape index (κ3) is 7.97. The molecule has 0 unspecified atom stereocenters. The molecule has 0 spiro atoms. The third-order valence-electron chi connectivity index (χ3n) is 5.10. The van der Waals surface area contributed by atoms with Crippen molar-refractivity contribution in [3.63, 3.8) is 0 Å². The maximum absolute atomic E-state index is 12.3. The molecule has 1 saturated carbocycles. The maximum Gasteiger partial charge on any atom is 0.279 e. The summed E-state index contributed by atoms with van der Waals surface area (Å²) in [6, 6.07) is 3.29. The summed E-state index contributed by atoms with van der Waals surface area (Å²) in [5.41, 5.74) is 2.77. The minimum absolute atomic E-state index is 0.122. The summed E-state index contributed by atoms with van der Waals surface area (Å²) in [5, 5.41) is 26.3. The van der Waals surface area contributed by atoms with Crippen LogP contribution in [-0.2, 0) is 11.2 Å². The van der Waals surface area contributed by atoms with Crippen molar-refractivity contribution in [2.75, 3.05) is 0 Å². The SMILES string of the molecule is O=C(Cc1ccc([N+](=O)[O-])cc1[N+](=O)[O-])NN=C1CCCCCCCCCCC1. The molecule has 158 valence electrons. The second kappa shape index (κ2) is 11.9. The number of carbonyl (C=O) groups is 1. The number of non-ortho nitro benzene ring substituents is 1. The van der Waals surface area contributed by atoms with Gasteiger partial charge >= 0.3 is 0 Å². The van der Waals surface area contributed by atoms with Gasteiger partial charge < -0.3 is 0 Å². The van der Waals surface area contributed by atoms with E-state index in [9.17, 15) is 25.0 Å². The number of hydrogen-bond acceptors (Lipinski definition) is 6. The van der Waals surface area contributed by atoms with Crippen LogP contribution in [0.5, 0.6) is 0 Å². The predicted octanol–water partition coefficient (Wildman–Crippen LogP) is 4.82. The van der Waals surface area contributed by atoms with Gasteiger partial charge in [0.1, 0.15) is 0 Å². The largest absolute Gasteiger partial charge is 0.279 e. The lowest BCUT2D eigenvalue weighted by Gasteiger charge is -2.10. The number of benzene rings is 1. The standard InChI is InChI=1S/C20H28N4O5/c25-20(14-16-12-13-18(23(26)27)15-19(16)24(28)29)22-21-17-10-8-6-4-2-1-3-5-7-9-11-17/h12-13,15H,1-11,14H2,(H,22,25). The molecule has 2 rings (SSSR count). The van der Waals surface area contributed by atoms with Crippen molar-refractivity contribution in [2.45, 2.75) is 77.0 Å². The summed E-state index contributed by atoms with van der Waals surface area (Å²) >= 11 is 0. The third-order valence-corrected chi connectivity index (χ3v) is 5.10. The molecule has 9 nitrogen and oxygen atoms in total. The van der Waals surface area contributed by atoms with Gasteiger partial charge in [-0.25, -0.2) is 5.43 Å². The molecule has 1 aromatic carbocycles. The molecular formula is C20H28N4O5. The van der Waals surface area contributed by atoms with Gasteiger partial charge in [-0.05, 0) is 31.7 Å². The highest BCUT2D eigenvalue weighted by molar-refractivity contribution is 5.87. The highest BCUT2D eigenvalue weighted by atomic mass is 16.6. The average molecular weight is 404 g/mol. The van der Waals surface area contributed by atoms with Crippen LogP contribution < -0.4 is 5.43 Å². The van der Waals surface area contributed by atoms with E-state index < -0.39 is 21.4 Å². The number of nitrogens with one attached hydrogen (secondary N) is 1. The first-order valence-corrected chi connectivity index (χ1v) is 10.2. The molecule has 1 aliphatic carbocycles. The van der Waals surface area contributed by atoms with E-state index in [1.807, 2.05) is 0 Å². The average Bonchev–Trinajstić information content (AvgIpc) is 2.67. The van der Waals surface area contributed by atoms with Crippen LogP contribution in [0.2, 0.25) is 0 Å². The zero-order valence-electron chi connectivity index (χ0n) is 16.6. The van der Waals surface area contributed by atoms with Crippen LogP contribution >= 0.6 is 0 Å². The first kappa shape index (κ1) is 22.4. The quantitative estimate of drug-likeness (QED) is 0.555. The molecule has 1 amide bonds. The normalized spacial score (nSPS) is 16.2. The van der Waals surface area contributed by atoms with E-state index in [1.165, 1.54) is 38.2 Å². The molecule has 0 bridgehead atoms. The Labute approximate surface area is 169 Å². The summed E-state index contributed by atoms with van der Waals surface area (Å²) in [6.07, 6.45) is 12.1. The topological polar surface area (TPSA) is 128 Å². The number of hydrogen-bond donors (Lipinski definition) is 1. The first-order chi connectivity index (χ1) is 14.0. The van der Waals surface area contributed by atoms with Crippen LogP contribution in [0.3, 0.4) is 0 Å². The number of carbonyl (C=O) groups excluding carboxylic acids is 1. The Morgan fingerprint density at radius 3 is 1.97 bits per heavy atom. The molecule has 0 saturated heterocycles. The van der Waals surface area contributed by atoms with Crippen molar-refractivity contribution in [1.82, 2.24) is 5.43 Å². The van der Waals surface area contributed by atoms with Gasteiger partial charge in [0.15, 0.2) is 0 Å². The molecule has 1 N–H and O–H groups in total. The Balaban J connectivity index is 1.99. The predicted molar refractivity (Wildman–Crippen MR) is 110 cm³/mol. The van der Waals surface area contributed by atoms with E-state index in [0.717, 1.165) is 56.4 Å². The molecule has 0 aliphatic heterocycles. The minimum Gasteiger partial charge on any atom is -0.273 e. The molecule has 29 heavy (non-hydrogen) atoms. The smallest absolute Gasteiger partial charge is 0.273 e. The van der Waals surface area contributed by atoms with E-state index in [0.29, 0.717) is 0 Å². The van der Waals surface area contributed by atoms with Crippen molar-refractivity contribution >= 4 is 23.0 Å². The van der Waals surface area contributed by atoms with Gasteiger partial charge in [0.25, 0.3) is 11.4 Å². The number of nitro groups is 2. The Morgan fingerprint density at radius 2 is 1.45 bits per heavy atom. The van der Waals surface area contributed by atoms with Gasteiger partial charge in [-0.15, -0.1) is 0 Å². The molecule has 9 heteroatoms. The zero-order chi connectivity index (χ0) is 21.1. The molecule has 0 heterocycles. The summed E-state index contributed by atoms with van der Waals surface area (Å²) in [6.45, 7) is 0. The Kier molecular flexibility index (Phi) is 9.20. The van der Waals surface area contributed by atoms with Crippen LogP contribution in [0.1, 0.15) is 76.2 Å². The van der Waals surface area contributed by atoms with E-state index in [4.69, 9.17) is 0 Å². The molecule has 0 radical (unpaired) electrons. The molecule has 0 atom stereocenters. The second-order valence-corrected chi connectivity index (χ2v) is 7.40. The van der Waals surface area contributed by atoms with Crippen LogP contribution in [0.25, 0.3) is 0 Å². The Bertz CT molecular complexity index is 749. The monoisotopic (exact) mass is 404 g/mol. The lowest BCUT2D eigenvalue weighted by molar-refractivity contribution is -0.394. The van der Waals surface area contributed by atoms with E-state index in [-0.39, 0.29) is 17.7 Å². The summed E-state index contributed by atoms with van der Waals surface area (Å²) in [4.78, 5) is 32.8. The van der Waals surface area contributed by atoms with Gasteiger partial charge in [0.05, 0.1) is 22.3 Å². The van der Waals surface area contributed by atoms with Crippen molar-refractivity contribution < 1.29 is 14.6 Å². The van der Waals surface area contributed by atoms with E-state index in [2.05, 4.69) is 10.5 Å². The number of rotatable bonds is 5. The molecular weight excluding hydrogens is 376 g/mol. The van der Waals surface area contributed by atoms with Crippen molar-refractivity contribution in [1.29, 1.82) is 0 Å². The highest BCUT2D eigenvalue weighted by Gasteiger charge is 2.21. The van der Waals surface area contributed by atoms with E-state index in [1.54, 1.807) is 0 Å². The maximum atomic E-state index is 12.3. The molecule has 0 aromatic heterocycles. The van der Waals surface area contributed by atoms with Crippen molar-refractivity contribution in [3.8, 4) is 0 Å². The molecule has 1 aliphatic rings. The van der Waals surface area contributed by atoms with Gasteiger partial charge in [-0.2, -0.15) is 5.10 Å². The fourth-order valence-corrected chi connectivity index (χ4v) is 3.47. The van der Waals surface area contributed by atoms with Crippen molar-refractivity contribution in [2.24, 2.45) is 5.10 Å². The summed E-state index contributed by atoms with van der Waals surface area (Å²) in [5.74, 6) is -0.472. The lowest BCUT2D eigenvalue weighted by atomic mass is 10.00. The van der Waals surface area contributed by atoms with Crippen LogP contribution in [-0.4, -0.2) is 21.5 Å². The first-order valence-electron chi connectivity index (χ1n) is 10.2. The lowest BCUT2D eigenvalue weighted by Crippen LogP contribution is -2.22. The van der Waals surface area contributed by atoms with Crippen LogP contribution in [0.15, 0.2) is 23.3 Å². The fraction of sp³-hybridized carbons (Fsp3) is 0.600. The van der Waals surface area contributed by atoms with Gasteiger partial charge in [-0.3, -0.25) is 25.0 Å². The van der Waals surface area contributed by atoms with Gasteiger partial charge in [-0.1, -0.05) is 44.9 Å². The van der Waals surface area contributed by atoms with Gasteiger partial charge in [0.2, 0.25) is 5.91 Å². The second-order valence-electron chi connectivity index (χ2n) is 7.40. The summed E-state index contributed by atoms with van der Waals surface area (Å²) < 4.78 is 0. The Hall–Kier alpha value is -2.84.